The summed E-state index contributed by atoms with van der Waals surface area (Å²) < 4.78 is 11.5. The van der Waals surface area contributed by atoms with Gasteiger partial charge in [0.25, 0.3) is 0 Å². The summed E-state index contributed by atoms with van der Waals surface area (Å²) in [6, 6.07) is 8.77. The fourth-order valence-electron chi connectivity index (χ4n) is 4.97. The molecule has 1 aromatic carbocycles. The van der Waals surface area contributed by atoms with E-state index in [4.69, 9.17) is 9.47 Å². The van der Waals surface area contributed by atoms with Crippen LogP contribution in [0.4, 0.5) is 0 Å². The molecule has 2 aliphatic heterocycles. The van der Waals surface area contributed by atoms with Crippen LogP contribution in [0, 0.1) is 5.92 Å². The Morgan fingerprint density at radius 3 is 2.72 bits per heavy atom. The van der Waals surface area contributed by atoms with Gasteiger partial charge in [0.05, 0.1) is 12.7 Å². The maximum atomic E-state index is 12.7. The van der Waals surface area contributed by atoms with Crippen molar-refractivity contribution >= 4 is 11.9 Å². The number of aliphatic imine (C=N–C) groups is 1. The second-order valence-electron chi connectivity index (χ2n) is 9.26. The van der Waals surface area contributed by atoms with E-state index in [1.54, 1.807) is 7.05 Å². The molecule has 4 rings (SSSR count). The molecule has 0 bridgehead atoms. The molecule has 1 amide bonds. The van der Waals surface area contributed by atoms with Crippen molar-refractivity contribution in [2.24, 2.45) is 10.9 Å². The van der Waals surface area contributed by atoms with Crippen molar-refractivity contribution in [1.29, 1.82) is 0 Å². The predicted molar refractivity (Wildman–Crippen MR) is 125 cm³/mol. The molecule has 7 nitrogen and oxygen atoms in total. The summed E-state index contributed by atoms with van der Waals surface area (Å²) in [5, 5.41) is 6.93. The average molecular weight is 443 g/mol. The number of guanidine groups is 1. The molecule has 1 aromatic rings. The maximum absolute atomic E-state index is 12.7. The number of hydrogen-bond acceptors (Lipinski definition) is 4. The van der Waals surface area contributed by atoms with Gasteiger partial charge in [0.15, 0.2) is 5.96 Å². The highest BCUT2D eigenvalue weighted by molar-refractivity contribution is 5.81. The number of carbonyl (C=O) groups excluding carboxylic acids is 1. The number of rotatable bonds is 7. The van der Waals surface area contributed by atoms with E-state index >= 15 is 0 Å². The highest BCUT2D eigenvalue weighted by atomic mass is 16.5. The van der Waals surface area contributed by atoms with Crippen LogP contribution in [-0.4, -0.2) is 62.3 Å². The van der Waals surface area contributed by atoms with Gasteiger partial charge >= 0.3 is 0 Å². The molecule has 0 aromatic heterocycles. The molecule has 3 aliphatic rings. The number of ether oxygens (including phenoxy) is 2. The Morgan fingerprint density at radius 2 is 1.94 bits per heavy atom. The van der Waals surface area contributed by atoms with Crippen molar-refractivity contribution < 1.29 is 14.3 Å². The lowest BCUT2D eigenvalue weighted by Crippen LogP contribution is -2.45. The lowest BCUT2D eigenvalue weighted by molar-refractivity contribution is -0.134. The van der Waals surface area contributed by atoms with Gasteiger partial charge in [-0.1, -0.05) is 37.1 Å². The summed E-state index contributed by atoms with van der Waals surface area (Å²) >= 11 is 0. The Hall–Kier alpha value is -2.12. The average Bonchev–Trinajstić information content (AvgIpc) is 3.53. The molecular weight excluding hydrogens is 404 g/mol. The minimum atomic E-state index is 0.255. The third-order valence-corrected chi connectivity index (χ3v) is 6.87. The van der Waals surface area contributed by atoms with E-state index in [0.29, 0.717) is 25.2 Å². The van der Waals surface area contributed by atoms with E-state index in [-0.39, 0.29) is 12.0 Å². The first kappa shape index (κ1) is 23.1. The molecule has 0 radical (unpaired) electrons. The zero-order chi connectivity index (χ0) is 22.2. The molecule has 7 heteroatoms. The van der Waals surface area contributed by atoms with Gasteiger partial charge in [-0.2, -0.15) is 0 Å². The van der Waals surface area contributed by atoms with Crippen LogP contribution in [0.25, 0.3) is 0 Å². The van der Waals surface area contributed by atoms with E-state index in [1.165, 1.54) is 24.0 Å². The van der Waals surface area contributed by atoms with Crippen LogP contribution in [0.2, 0.25) is 0 Å². The van der Waals surface area contributed by atoms with E-state index < -0.39 is 0 Å². The summed E-state index contributed by atoms with van der Waals surface area (Å²) in [5.74, 6) is 1.40. The molecule has 2 heterocycles. The Bertz CT molecular complexity index is 772. The van der Waals surface area contributed by atoms with E-state index in [9.17, 15) is 4.79 Å². The van der Waals surface area contributed by atoms with Gasteiger partial charge in [-0.25, -0.2) is 0 Å². The highest BCUT2D eigenvalue weighted by Gasteiger charge is 2.32. The SMILES string of the molecule is CN=C(NCc1cccc(COC2CCOCC2)c1)NC1CCN(C(=O)C2CCCC2)C1. The summed E-state index contributed by atoms with van der Waals surface area (Å²) in [4.78, 5) is 19.1. The number of hydrogen-bond donors (Lipinski definition) is 2. The molecule has 0 spiro atoms. The number of amides is 1. The number of nitrogens with one attached hydrogen (secondary N) is 2. The minimum Gasteiger partial charge on any atom is -0.381 e. The van der Waals surface area contributed by atoms with Crippen molar-refractivity contribution in [2.75, 3.05) is 33.4 Å². The van der Waals surface area contributed by atoms with Gasteiger partial charge < -0.3 is 25.0 Å². The predicted octanol–water partition coefficient (Wildman–Crippen LogP) is 2.84. The standard InChI is InChI=1S/C25H38N4O3/c1-26-25(28-22-9-12-29(17-22)24(30)21-7-2-3-8-21)27-16-19-5-4-6-20(15-19)18-32-23-10-13-31-14-11-23/h4-6,15,21-23H,2-3,7-14,16-18H2,1H3,(H2,26,27,28). The molecule has 3 fully saturated rings. The van der Waals surface area contributed by atoms with E-state index in [2.05, 4.69) is 39.9 Å². The Labute approximate surface area is 191 Å². The van der Waals surface area contributed by atoms with Crippen molar-refractivity contribution in [3.05, 3.63) is 35.4 Å². The minimum absolute atomic E-state index is 0.255. The molecule has 1 aliphatic carbocycles. The van der Waals surface area contributed by atoms with Gasteiger partial charge in [0, 0.05) is 51.9 Å². The zero-order valence-electron chi connectivity index (χ0n) is 19.4. The van der Waals surface area contributed by atoms with Crippen molar-refractivity contribution in [1.82, 2.24) is 15.5 Å². The zero-order valence-corrected chi connectivity index (χ0v) is 19.4. The van der Waals surface area contributed by atoms with E-state index in [1.807, 2.05) is 4.90 Å². The number of nitrogens with zero attached hydrogens (tertiary/aromatic N) is 2. The largest absolute Gasteiger partial charge is 0.381 e. The number of benzene rings is 1. The first-order valence-corrected chi connectivity index (χ1v) is 12.2. The molecule has 2 N–H and O–H groups in total. The Balaban J connectivity index is 1.21. The second-order valence-corrected chi connectivity index (χ2v) is 9.26. The summed E-state index contributed by atoms with van der Waals surface area (Å²) in [7, 11) is 1.80. The number of likely N-dealkylation sites (tertiary alicyclic amines) is 1. The summed E-state index contributed by atoms with van der Waals surface area (Å²) in [5.41, 5.74) is 2.39. The van der Waals surface area contributed by atoms with Crippen molar-refractivity contribution in [3.8, 4) is 0 Å². The molecule has 176 valence electrons. The molecule has 2 saturated heterocycles. The third kappa shape index (κ3) is 6.45. The van der Waals surface area contributed by atoms with Gasteiger partial charge in [-0.3, -0.25) is 9.79 Å². The van der Waals surface area contributed by atoms with Gasteiger partial charge in [0.1, 0.15) is 0 Å². The topological polar surface area (TPSA) is 75.2 Å². The maximum Gasteiger partial charge on any atom is 0.225 e. The van der Waals surface area contributed by atoms with Gasteiger partial charge in [0.2, 0.25) is 5.91 Å². The molecule has 1 saturated carbocycles. The van der Waals surface area contributed by atoms with Crippen LogP contribution < -0.4 is 10.6 Å². The van der Waals surface area contributed by atoms with Crippen LogP contribution in [0.5, 0.6) is 0 Å². The molecule has 1 unspecified atom stereocenters. The summed E-state index contributed by atoms with van der Waals surface area (Å²) in [6.07, 6.45) is 7.77. The van der Waals surface area contributed by atoms with Crippen LogP contribution in [0.1, 0.15) is 56.1 Å². The lowest BCUT2D eigenvalue weighted by Gasteiger charge is -2.22. The first-order valence-electron chi connectivity index (χ1n) is 12.2. The Morgan fingerprint density at radius 1 is 1.16 bits per heavy atom. The van der Waals surface area contributed by atoms with E-state index in [0.717, 1.165) is 64.4 Å². The van der Waals surface area contributed by atoms with Crippen LogP contribution in [-0.2, 0) is 27.4 Å². The van der Waals surface area contributed by atoms with Crippen molar-refractivity contribution in [3.63, 3.8) is 0 Å². The summed E-state index contributed by atoms with van der Waals surface area (Å²) in [6.45, 7) is 4.55. The van der Waals surface area contributed by atoms with Gasteiger partial charge in [-0.05, 0) is 43.2 Å². The van der Waals surface area contributed by atoms with Crippen LogP contribution in [0.15, 0.2) is 29.3 Å². The quantitative estimate of drug-likeness (QED) is 0.502. The number of carbonyl (C=O) groups is 1. The normalized spacial score (nSPS) is 23.0. The fourth-order valence-corrected chi connectivity index (χ4v) is 4.97. The smallest absolute Gasteiger partial charge is 0.225 e. The van der Waals surface area contributed by atoms with Crippen LogP contribution in [0.3, 0.4) is 0 Å². The first-order chi connectivity index (χ1) is 15.7. The third-order valence-electron chi connectivity index (χ3n) is 6.87. The molecule has 1 atom stereocenters. The van der Waals surface area contributed by atoms with Gasteiger partial charge in [-0.15, -0.1) is 0 Å². The Kier molecular flexibility index (Phi) is 8.40. The molecule has 32 heavy (non-hydrogen) atoms. The lowest BCUT2D eigenvalue weighted by atomic mass is 10.1. The fraction of sp³-hybridized carbons (Fsp3) is 0.680. The van der Waals surface area contributed by atoms with Crippen LogP contribution >= 0.6 is 0 Å². The second kappa shape index (κ2) is 11.7. The monoisotopic (exact) mass is 442 g/mol. The molecular formula is C25H38N4O3. The highest BCUT2D eigenvalue weighted by Crippen LogP contribution is 2.27. The van der Waals surface area contributed by atoms with Crippen molar-refractivity contribution in [2.45, 2.75) is 70.2 Å².